The first-order valence-corrected chi connectivity index (χ1v) is 12.0. The summed E-state index contributed by atoms with van der Waals surface area (Å²) in [6, 6.07) is 6.06. The van der Waals surface area contributed by atoms with Gasteiger partial charge in [-0.3, -0.25) is 0 Å². The van der Waals surface area contributed by atoms with Crippen molar-refractivity contribution in [3.8, 4) is 0 Å². The van der Waals surface area contributed by atoms with Crippen LogP contribution in [0, 0.1) is 12.3 Å². The van der Waals surface area contributed by atoms with Crippen LogP contribution in [0.3, 0.4) is 0 Å². The molecule has 0 atom stereocenters. The van der Waals surface area contributed by atoms with Crippen LogP contribution in [0.1, 0.15) is 36.7 Å². The van der Waals surface area contributed by atoms with Crippen LogP contribution in [0.25, 0.3) is 0 Å². The second-order valence-electron chi connectivity index (χ2n) is 8.00. The van der Waals surface area contributed by atoms with E-state index >= 15 is 0 Å². The lowest BCUT2D eigenvalue weighted by Crippen LogP contribution is -2.38. The Hall–Kier alpha value is -2.17. The summed E-state index contributed by atoms with van der Waals surface area (Å²) in [6.07, 6.45) is 3.11. The normalized spacial score (nSPS) is 11.9. The predicted molar refractivity (Wildman–Crippen MR) is 118 cm³/mol. The lowest BCUT2D eigenvalue weighted by atomic mass is 9.96. The molecule has 8 nitrogen and oxygen atoms in total. The van der Waals surface area contributed by atoms with Gasteiger partial charge in [0, 0.05) is 25.8 Å². The third kappa shape index (κ3) is 6.41. The smallest absolute Gasteiger partial charge is 0.354 e. The van der Waals surface area contributed by atoms with Crippen LogP contribution >= 0.6 is 11.8 Å². The first kappa shape index (κ1) is 24.1. The number of nitrogens with two attached hydrogens (primary N) is 1. The summed E-state index contributed by atoms with van der Waals surface area (Å²) in [5, 5.41) is 0.457. The molecule has 1 aromatic carbocycles. The number of aryl methyl sites for hydroxylation is 1. The minimum Gasteiger partial charge on any atom is -0.354 e. The maximum absolute atomic E-state index is 12.8. The molecule has 164 valence electrons. The van der Waals surface area contributed by atoms with E-state index < -0.39 is 16.1 Å². The summed E-state index contributed by atoms with van der Waals surface area (Å²) >= 11 is 1.32. The van der Waals surface area contributed by atoms with E-state index in [1.54, 1.807) is 12.1 Å². The highest BCUT2D eigenvalue weighted by Gasteiger charge is 2.28. The molecule has 0 unspecified atom stereocenters. The van der Waals surface area contributed by atoms with Crippen molar-refractivity contribution in [1.29, 1.82) is 0 Å². The molecule has 0 bridgehead atoms. The molecule has 30 heavy (non-hydrogen) atoms. The van der Waals surface area contributed by atoms with Gasteiger partial charge in [0.15, 0.2) is 5.16 Å². The summed E-state index contributed by atoms with van der Waals surface area (Å²) < 4.78 is 30.0. The maximum atomic E-state index is 12.8. The molecule has 10 heteroatoms. The minimum atomic E-state index is -4.28. The van der Waals surface area contributed by atoms with Gasteiger partial charge in [-0.2, -0.15) is 8.42 Å². The van der Waals surface area contributed by atoms with Gasteiger partial charge in [-0.25, -0.2) is 14.8 Å². The summed E-state index contributed by atoms with van der Waals surface area (Å²) in [5.74, 6) is -0.729. The number of carbonyl (C=O) groups excluding carboxylic acids is 1. The van der Waals surface area contributed by atoms with Gasteiger partial charge in [0.25, 0.3) is 0 Å². The van der Waals surface area contributed by atoms with E-state index in [2.05, 4.69) is 9.97 Å². The molecule has 0 saturated heterocycles. The molecule has 0 aliphatic rings. The molecule has 1 heterocycles. The molecule has 0 saturated carbocycles. The average Bonchev–Trinajstić information content (AvgIpc) is 2.66. The zero-order valence-corrected chi connectivity index (χ0v) is 19.5. The van der Waals surface area contributed by atoms with E-state index in [-0.39, 0.29) is 15.9 Å². The van der Waals surface area contributed by atoms with Crippen molar-refractivity contribution in [3.63, 3.8) is 0 Å². The summed E-state index contributed by atoms with van der Waals surface area (Å²) in [7, 11) is -4.28. The van der Waals surface area contributed by atoms with Crippen molar-refractivity contribution in [1.82, 2.24) is 9.97 Å². The second kappa shape index (κ2) is 9.76. The van der Waals surface area contributed by atoms with Crippen LogP contribution in [0.4, 0.5) is 5.82 Å². The third-order valence-electron chi connectivity index (χ3n) is 4.01. The highest BCUT2D eigenvalue weighted by molar-refractivity contribution is 7.98. The van der Waals surface area contributed by atoms with Gasteiger partial charge in [-0.05, 0) is 30.7 Å². The average molecular weight is 453 g/mol. The van der Waals surface area contributed by atoms with Crippen molar-refractivity contribution < 1.29 is 17.4 Å². The Balaban J connectivity index is 2.44. The fraction of sp³-hybridized carbons (Fsp3) is 0.450. The van der Waals surface area contributed by atoms with Crippen LogP contribution in [-0.2, 0) is 14.3 Å². The molecule has 2 aromatic rings. The number of rotatable bonds is 8. The third-order valence-corrected chi connectivity index (χ3v) is 5.79. The molecular formula is C20H28N4O4S2. The fourth-order valence-electron chi connectivity index (χ4n) is 2.73. The van der Waals surface area contributed by atoms with Crippen LogP contribution in [-0.4, -0.2) is 50.2 Å². The van der Waals surface area contributed by atoms with Crippen LogP contribution < -0.4 is 10.6 Å². The Morgan fingerprint density at radius 3 is 2.40 bits per heavy atom. The topological polar surface area (TPSA) is 115 Å². The molecule has 1 aromatic heterocycles. The Labute approximate surface area is 182 Å². The Kier molecular flexibility index (Phi) is 7.84. The van der Waals surface area contributed by atoms with Crippen LogP contribution in [0.15, 0.2) is 40.5 Å². The molecular weight excluding hydrogens is 424 g/mol. The number of aromatic nitrogens is 2. The summed E-state index contributed by atoms with van der Waals surface area (Å²) in [5.41, 5.74) is 6.52. The molecule has 0 radical (unpaired) electrons. The number of anilines is 1. The van der Waals surface area contributed by atoms with E-state index in [1.807, 2.05) is 38.9 Å². The molecule has 2 rings (SSSR count). The van der Waals surface area contributed by atoms with Crippen molar-refractivity contribution in [2.24, 2.45) is 11.1 Å². The highest BCUT2D eigenvalue weighted by atomic mass is 32.2. The van der Waals surface area contributed by atoms with Gasteiger partial charge >= 0.3 is 16.1 Å². The van der Waals surface area contributed by atoms with Crippen LogP contribution in [0.2, 0.25) is 0 Å². The Morgan fingerprint density at radius 2 is 1.87 bits per heavy atom. The molecule has 2 N–H and O–H groups in total. The summed E-state index contributed by atoms with van der Waals surface area (Å²) in [4.78, 5) is 23.2. The lowest BCUT2D eigenvalue weighted by Gasteiger charge is -2.31. The van der Waals surface area contributed by atoms with E-state index in [4.69, 9.17) is 9.92 Å². The van der Waals surface area contributed by atoms with Crippen molar-refractivity contribution in [2.75, 3.05) is 30.8 Å². The van der Waals surface area contributed by atoms with Gasteiger partial charge in [-0.15, -0.1) is 0 Å². The van der Waals surface area contributed by atoms with E-state index in [0.717, 1.165) is 5.56 Å². The molecule has 0 fully saturated rings. The predicted octanol–water partition coefficient (Wildman–Crippen LogP) is 2.86. The minimum absolute atomic E-state index is 0.0267. The van der Waals surface area contributed by atoms with Crippen molar-refractivity contribution in [2.45, 2.75) is 37.7 Å². The van der Waals surface area contributed by atoms with Crippen LogP contribution in [0.5, 0.6) is 0 Å². The number of hydrogen-bond acceptors (Lipinski definition) is 9. The van der Waals surface area contributed by atoms with Gasteiger partial charge < -0.3 is 14.8 Å². The number of benzene rings is 1. The quantitative estimate of drug-likeness (QED) is 0.367. The fourth-order valence-corrected chi connectivity index (χ4v) is 3.92. The molecule has 0 amide bonds. The Bertz CT molecular complexity index is 987. The van der Waals surface area contributed by atoms with Gasteiger partial charge in [0.2, 0.25) is 0 Å². The van der Waals surface area contributed by atoms with E-state index in [9.17, 15) is 13.2 Å². The van der Waals surface area contributed by atoms with E-state index in [0.29, 0.717) is 30.6 Å². The van der Waals surface area contributed by atoms with E-state index in [1.165, 1.54) is 30.1 Å². The van der Waals surface area contributed by atoms with Gasteiger partial charge in [0.1, 0.15) is 16.3 Å². The number of thioether (sulfide) groups is 1. The zero-order chi connectivity index (χ0) is 22.5. The second-order valence-corrected chi connectivity index (χ2v) is 10.3. The maximum Gasteiger partial charge on any atom is 0.359 e. The molecule has 0 aliphatic carbocycles. The Morgan fingerprint density at radius 1 is 1.23 bits per heavy atom. The monoisotopic (exact) mass is 452 g/mol. The first-order valence-electron chi connectivity index (χ1n) is 9.38. The zero-order valence-electron chi connectivity index (χ0n) is 17.9. The summed E-state index contributed by atoms with van der Waals surface area (Å²) in [6.45, 7) is 9.31. The van der Waals surface area contributed by atoms with Crippen molar-refractivity contribution in [3.05, 3.63) is 41.6 Å². The SMILES string of the molecule is CSc1ncc(C(=O)OS(=O)(=O)c2ccc(C)cc2)c(N(CCN)CC(C)(C)C)n1. The molecule has 0 aliphatic heterocycles. The van der Waals surface area contributed by atoms with Crippen molar-refractivity contribution >= 4 is 33.7 Å². The standard InChI is InChI=1S/C20H28N4O4S2/c1-14-6-8-15(9-7-14)30(26,27)28-18(25)16-12-22-19(29-5)23-17(16)24(11-10-21)13-20(2,3)4/h6-9,12H,10-11,13,21H2,1-5H3. The number of hydrogen-bond donors (Lipinski definition) is 1. The number of carbonyl (C=O) groups is 1. The first-order chi connectivity index (χ1) is 14.0. The molecule has 0 spiro atoms. The van der Waals surface area contributed by atoms with Gasteiger partial charge in [0.05, 0.1) is 0 Å². The lowest BCUT2D eigenvalue weighted by molar-refractivity contribution is 0.0746. The number of nitrogens with zero attached hydrogens (tertiary/aromatic N) is 3. The highest BCUT2D eigenvalue weighted by Crippen LogP contribution is 2.26. The largest absolute Gasteiger partial charge is 0.359 e. The van der Waals surface area contributed by atoms with Gasteiger partial charge in [-0.1, -0.05) is 50.2 Å².